The van der Waals surface area contributed by atoms with Gasteiger partial charge in [-0.1, -0.05) is 19.1 Å². The summed E-state index contributed by atoms with van der Waals surface area (Å²) < 4.78 is 41.1. The molecule has 3 aromatic rings. The highest BCUT2D eigenvalue weighted by molar-refractivity contribution is 6.06. The number of amides is 1. The molecule has 1 aliphatic heterocycles. The Morgan fingerprint density at radius 3 is 2.67 bits per heavy atom. The fourth-order valence-corrected chi connectivity index (χ4v) is 3.77. The van der Waals surface area contributed by atoms with Crippen LogP contribution in [0.5, 0.6) is 0 Å². The van der Waals surface area contributed by atoms with Gasteiger partial charge < -0.3 is 15.2 Å². The van der Waals surface area contributed by atoms with Crippen LogP contribution < -0.4 is 15.6 Å². The Kier molecular flexibility index (Phi) is 5.01. The predicted molar refractivity (Wildman–Crippen MR) is 110 cm³/mol. The van der Waals surface area contributed by atoms with E-state index in [4.69, 9.17) is 0 Å². The van der Waals surface area contributed by atoms with Crippen LogP contribution in [0.3, 0.4) is 0 Å². The molecule has 0 saturated carbocycles. The van der Waals surface area contributed by atoms with Crippen molar-refractivity contribution in [1.29, 1.82) is 0 Å². The summed E-state index contributed by atoms with van der Waals surface area (Å²) in [4.78, 5) is 30.0. The van der Waals surface area contributed by atoms with E-state index >= 15 is 0 Å². The van der Waals surface area contributed by atoms with Crippen LogP contribution in [0.15, 0.2) is 53.5 Å². The number of carbonyl (C=O) groups is 1. The van der Waals surface area contributed by atoms with Crippen LogP contribution in [0.25, 0.3) is 10.9 Å². The van der Waals surface area contributed by atoms with Gasteiger partial charge in [0.1, 0.15) is 5.56 Å². The number of alkyl halides is 3. The number of H-pyrrole nitrogens is 1. The van der Waals surface area contributed by atoms with Crippen molar-refractivity contribution in [3.05, 3.63) is 70.0 Å². The van der Waals surface area contributed by atoms with Gasteiger partial charge in [0.15, 0.2) is 0 Å². The normalized spacial score (nSPS) is 16.8. The van der Waals surface area contributed by atoms with Crippen molar-refractivity contribution in [2.45, 2.75) is 19.5 Å². The van der Waals surface area contributed by atoms with Crippen LogP contribution in [-0.4, -0.2) is 24.0 Å². The summed E-state index contributed by atoms with van der Waals surface area (Å²) in [6, 6.07) is 10.5. The van der Waals surface area contributed by atoms with Gasteiger partial charge in [-0.15, -0.1) is 0 Å². The van der Waals surface area contributed by atoms with Crippen molar-refractivity contribution in [1.82, 2.24) is 4.98 Å². The zero-order chi connectivity index (χ0) is 21.5. The summed E-state index contributed by atoms with van der Waals surface area (Å²) in [6.07, 6.45) is -2.52. The molecular weight excluding hydrogens is 395 g/mol. The number of rotatable bonds is 3. The van der Waals surface area contributed by atoms with E-state index in [9.17, 15) is 22.8 Å². The average Bonchev–Trinajstić information content (AvgIpc) is 3.14. The summed E-state index contributed by atoms with van der Waals surface area (Å²) in [5.74, 6) is -0.478. The largest absolute Gasteiger partial charge is 0.418 e. The minimum atomic E-state index is -4.65. The molecule has 2 heterocycles. The van der Waals surface area contributed by atoms with Gasteiger partial charge in [-0.05, 0) is 42.7 Å². The molecule has 8 heteroatoms. The zero-order valence-corrected chi connectivity index (χ0v) is 16.2. The average molecular weight is 415 g/mol. The van der Waals surface area contributed by atoms with Gasteiger partial charge in [0.25, 0.3) is 5.91 Å². The molecule has 0 radical (unpaired) electrons. The Bertz CT molecular complexity index is 1170. The van der Waals surface area contributed by atoms with E-state index in [1.54, 1.807) is 30.3 Å². The highest BCUT2D eigenvalue weighted by atomic mass is 19.4. The van der Waals surface area contributed by atoms with Crippen molar-refractivity contribution in [2.24, 2.45) is 5.92 Å². The van der Waals surface area contributed by atoms with Crippen molar-refractivity contribution in [2.75, 3.05) is 23.3 Å². The maximum absolute atomic E-state index is 13.7. The van der Waals surface area contributed by atoms with Gasteiger partial charge in [0.2, 0.25) is 5.43 Å². The number of pyridine rings is 1. The molecule has 1 fully saturated rings. The Morgan fingerprint density at radius 1 is 1.20 bits per heavy atom. The van der Waals surface area contributed by atoms with E-state index in [0.29, 0.717) is 35.6 Å². The van der Waals surface area contributed by atoms with Gasteiger partial charge in [-0.2, -0.15) is 13.2 Å². The lowest BCUT2D eigenvalue weighted by Gasteiger charge is -2.21. The third kappa shape index (κ3) is 3.77. The molecule has 0 aliphatic carbocycles. The molecule has 2 N–H and O–H groups in total. The molecular formula is C22H20F3N3O2. The first kappa shape index (κ1) is 20.0. The lowest BCUT2D eigenvalue weighted by atomic mass is 10.1. The second-order valence-electron chi connectivity index (χ2n) is 7.60. The van der Waals surface area contributed by atoms with Gasteiger partial charge >= 0.3 is 6.18 Å². The smallest absolute Gasteiger partial charge is 0.371 e. The minimum Gasteiger partial charge on any atom is -0.371 e. The van der Waals surface area contributed by atoms with Crippen molar-refractivity contribution in [3.63, 3.8) is 0 Å². The number of nitrogens with zero attached hydrogens (tertiary/aromatic N) is 1. The third-order valence-corrected chi connectivity index (χ3v) is 5.38. The van der Waals surface area contributed by atoms with Gasteiger partial charge in [0.05, 0.1) is 11.3 Å². The molecule has 1 atom stereocenters. The quantitative estimate of drug-likeness (QED) is 0.655. The molecule has 5 nitrogen and oxygen atoms in total. The lowest BCUT2D eigenvalue weighted by Crippen LogP contribution is -2.24. The summed E-state index contributed by atoms with van der Waals surface area (Å²) in [5.41, 5.74) is -1.11. The number of halogens is 3. The predicted octanol–water partition coefficient (Wildman–Crippen LogP) is 4.65. The summed E-state index contributed by atoms with van der Waals surface area (Å²) >= 11 is 0. The molecule has 1 saturated heterocycles. The molecule has 0 spiro atoms. The fourth-order valence-electron chi connectivity index (χ4n) is 3.77. The topological polar surface area (TPSA) is 65.2 Å². The number of aromatic amines is 1. The number of carbonyl (C=O) groups excluding carboxylic acids is 1. The highest BCUT2D eigenvalue weighted by Crippen LogP contribution is 2.38. The van der Waals surface area contributed by atoms with E-state index in [-0.39, 0.29) is 11.3 Å². The maximum atomic E-state index is 13.7. The zero-order valence-electron chi connectivity index (χ0n) is 16.2. The van der Waals surface area contributed by atoms with Gasteiger partial charge in [-0.25, -0.2) is 0 Å². The molecule has 1 aromatic heterocycles. The van der Waals surface area contributed by atoms with E-state index in [1.165, 1.54) is 12.3 Å². The number of hydrogen-bond donors (Lipinski definition) is 2. The number of aromatic nitrogens is 1. The van der Waals surface area contributed by atoms with Crippen LogP contribution >= 0.6 is 0 Å². The highest BCUT2D eigenvalue weighted by Gasteiger charge is 2.35. The summed E-state index contributed by atoms with van der Waals surface area (Å²) in [5, 5.41) is 2.56. The second kappa shape index (κ2) is 7.51. The number of nitrogens with one attached hydrogen (secondary N) is 2. The van der Waals surface area contributed by atoms with Gasteiger partial charge in [0, 0.05) is 35.9 Å². The molecule has 1 amide bonds. The van der Waals surface area contributed by atoms with Crippen molar-refractivity contribution in [3.8, 4) is 0 Å². The maximum Gasteiger partial charge on any atom is 0.418 e. The Labute approximate surface area is 170 Å². The molecule has 2 aromatic carbocycles. The van der Waals surface area contributed by atoms with Gasteiger partial charge in [-0.3, -0.25) is 9.59 Å². The number of fused-ring (bicyclic) bond motifs is 1. The third-order valence-electron chi connectivity index (χ3n) is 5.38. The van der Waals surface area contributed by atoms with Crippen LogP contribution in [0.2, 0.25) is 0 Å². The second-order valence-corrected chi connectivity index (χ2v) is 7.60. The van der Waals surface area contributed by atoms with Crippen molar-refractivity contribution < 1.29 is 18.0 Å². The van der Waals surface area contributed by atoms with E-state index < -0.39 is 23.1 Å². The van der Waals surface area contributed by atoms with E-state index in [2.05, 4.69) is 17.2 Å². The first-order valence-electron chi connectivity index (χ1n) is 9.62. The Morgan fingerprint density at radius 2 is 1.97 bits per heavy atom. The summed E-state index contributed by atoms with van der Waals surface area (Å²) in [6.45, 7) is 3.44. The lowest BCUT2D eigenvalue weighted by molar-refractivity contribution is -0.136. The standard InChI is InChI=1S/C22H20F3N3O2/c1-13-8-9-28(12-13)14-6-7-19(17(10-14)22(23,24)25)27-21(30)16-11-26-18-5-3-2-4-15(18)20(16)29/h2-7,10-11,13H,8-9,12H2,1H3,(H,26,29)(H,27,30). The van der Waals surface area contributed by atoms with Crippen LogP contribution in [0, 0.1) is 5.92 Å². The molecule has 1 unspecified atom stereocenters. The number of hydrogen-bond acceptors (Lipinski definition) is 3. The number of anilines is 2. The first-order chi connectivity index (χ1) is 14.2. The van der Waals surface area contributed by atoms with E-state index in [0.717, 1.165) is 12.5 Å². The van der Waals surface area contributed by atoms with Crippen LogP contribution in [0.4, 0.5) is 24.5 Å². The fraction of sp³-hybridized carbons (Fsp3) is 0.273. The Balaban J connectivity index is 1.68. The SMILES string of the molecule is CC1CCN(c2ccc(NC(=O)c3c[nH]c4ccccc4c3=O)c(C(F)(F)F)c2)C1. The Hall–Kier alpha value is -3.29. The first-order valence-corrected chi connectivity index (χ1v) is 9.62. The monoisotopic (exact) mass is 415 g/mol. The molecule has 1 aliphatic rings. The van der Waals surface area contributed by atoms with Crippen molar-refractivity contribution >= 4 is 28.2 Å². The molecule has 4 rings (SSSR count). The minimum absolute atomic E-state index is 0.251. The number of para-hydroxylation sites is 1. The summed E-state index contributed by atoms with van der Waals surface area (Å²) in [7, 11) is 0. The van der Waals surface area contributed by atoms with Crippen LogP contribution in [-0.2, 0) is 6.18 Å². The molecule has 156 valence electrons. The van der Waals surface area contributed by atoms with Crippen LogP contribution in [0.1, 0.15) is 29.3 Å². The molecule has 30 heavy (non-hydrogen) atoms. The molecule has 0 bridgehead atoms. The van der Waals surface area contributed by atoms with E-state index in [1.807, 2.05) is 4.90 Å². The number of benzene rings is 2.